The summed E-state index contributed by atoms with van der Waals surface area (Å²) in [6.07, 6.45) is 2.71. The van der Waals surface area contributed by atoms with Crippen LogP contribution in [0.1, 0.15) is 17.3 Å². The Hall–Kier alpha value is -2.77. The lowest BCUT2D eigenvalue weighted by atomic mass is 10.2. The minimum absolute atomic E-state index is 0.248. The van der Waals surface area contributed by atoms with E-state index in [9.17, 15) is 9.59 Å². The summed E-state index contributed by atoms with van der Waals surface area (Å²) in [5, 5.41) is 11.1. The van der Waals surface area contributed by atoms with E-state index in [1.54, 1.807) is 0 Å². The van der Waals surface area contributed by atoms with Crippen LogP contribution in [0.4, 0.5) is 11.8 Å². The van der Waals surface area contributed by atoms with Crippen molar-refractivity contribution in [3.05, 3.63) is 30.2 Å². The molecular formula is C10H10N6O2. The number of aromatic nitrogens is 4. The summed E-state index contributed by atoms with van der Waals surface area (Å²) >= 11 is 0. The quantitative estimate of drug-likeness (QED) is 0.726. The fourth-order valence-corrected chi connectivity index (χ4v) is 1.27. The van der Waals surface area contributed by atoms with E-state index in [0.29, 0.717) is 11.4 Å². The van der Waals surface area contributed by atoms with Crippen LogP contribution in [-0.4, -0.2) is 32.0 Å². The second kappa shape index (κ2) is 5.04. The molecule has 0 aliphatic heterocycles. The summed E-state index contributed by atoms with van der Waals surface area (Å²) in [6.45, 7) is 1.36. The van der Waals surface area contributed by atoms with Crippen LogP contribution >= 0.6 is 0 Å². The molecule has 2 aromatic heterocycles. The van der Waals surface area contributed by atoms with Gasteiger partial charge < -0.3 is 5.32 Å². The Morgan fingerprint density at radius 2 is 2.11 bits per heavy atom. The van der Waals surface area contributed by atoms with Gasteiger partial charge in [0.05, 0.1) is 0 Å². The van der Waals surface area contributed by atoms with Gasteiger partial charge in [0.2, 0.25) is 11.9 Å². The van der Waals surface area contributed by atoms with Crippen molar-refractivity contribution >= 4 is 23.6 Å². The summed E-state index contributed by atoms with van der Waals surface area (Å²) < 4.78 is 0. The Balaban J connectivity index is 2.12. The largest absolute Gasteiger partial charge is 0.311 e. The molecule has 2 amide bonds. The Bertz CT molecular complexity index is 566. The Labute approximate surface area is 102 Å². The molecule has 0 saturated carbocycles. The summed E-state index contributed by atoms with van der Waals surface area (Å²) in [7, 11) is 0. The zero-order valence-electron chi connectivity index (χ0n) is 9.47. The van der Waals surface area contributed by atoms with Gasteiger partial charge in [0, 0.05) is 18.7 Å². The minimum Gasteiger partial charge on any atom is -0.311 e. The summed E-state index contributed by atoms with van der Waals surface area (Å²) in [6, 6.07) is 2.99. The lowest BCUT2D eigenvalue weighted by Gasteiger charge is -2.04. The summed E-state index contributed by atoms with van der Waals surface area (Å²) in [5.74, 6) is -0.0679. The number of nitrogens with zero attached hydrogens (tertiary/aromatic N) is 3. The number of H-pyrrole nitrogens is 1. The maximum Gasteiger partial charge on any atom is 0.258 e. The van der Waals surface area contributed by atoms with E-state index in [4.69, 9.17) is 0 Å². The molecular weight excluding hydrogens is 236 g/mol. The second-order valence-corrected chi connectivity index (χ2v) is 3.40. The molecule has 2 heterocycles. The smallest absolute Gasteiger partial charge is 0.258 e. The number of hydrogen-bond acceptors (Lipinski definition) is 5. The predicted octanol–water partition coefficient (Wildman–Crippen LogP) is 0.410. The number of pyridine rings is 1. The molecule has 92 valence electrons. The van der Waals surface area contributed by atoms with Crippen molar-refractivity contribution in [3.63, 3.8) is 0 Å². The molecule has 0 spiro atoms. The highest BCUT2D eigenvalue weighted by atomic mass is 16.2. The van der Waals surface area contributed by atoms with Gasteiger partial charge >= 0.3 is 0 Å². The number of nitrogens with one attached hydrogen (secondary N) is 3. The highest BCUT2D eigenvalue weighted by Gasteiger charge is 2.09. The molecule has 0 aliphatic carbocycles. The zero-order chi connectivity index (χ0) is 13.0. The van der Waals surface area contributed by atoms with Gasteiger partial charge in [-0.3, -0.25) is 14.9 Å². The van der Waals surface area contributed by atoms with Crippen LogP contribution in [0.2, 0.25) is 0 Å². The van der Waals surface area contributed by atoms with E-state index < -0.39 is 0 Å². The Kier molecular flexibility index (Phi) is 3.28. The van der Waals surface area contributed by atoms with E-state index >= 15 is 0 Å². The molecule has 0 unspecified atom stereocenters. The minimum atomic E-state index is -0.374. The van der Waals surface area contributed by atoms with Gasteiger partial charge in [0.25, 0.3) is 5.91 Å². The Morgan fingerprint density at radius 1 is 1.28 bits per heavy atom. The van der Waals surface area contributed by atoms with E-state index in [1.807, 2.05) is 0 Å². The molecule has 0 atom stereocenters. The van der Waals surface area contributed by atoms with E-state index in [0.717, 1.165) is 0 Å². The van der Waals surface area contributed by atoms with Gasteiger partial charge in [-0.2, -0.15) is 10.1 Å². The molecule has 0 radical (unpaired) electrons. The average molecular weight is 246 g/mol. The topological polar surface area (TPSA) is 113 Å². The van der Waals surface area contributed by atoms with Gasteiger partial charge in [-0.1, -0.05) is 0 Å². The third-order valence-electron chi connectivity index (χ3n) is 1.97. The van der Waals surface area contributed by atoms with Crippen molar-refractivity contribution in [2.75, 3.05) is 10.6 Å². The zero-order valence-corrected chi connectivity index (χ0v) is 9.47. The lowest BCUT2D eigenvalue weighted by Crippen LogP contribution is -2.14. The average Bonchev–Trinajstić information content (AvgIpc) is 2.81. The van der Waals surface area contributed by atoms with Gasteiger partial charge in [0.15, 0.2) is 0 Å². The third kappa shape index (κ3) is 2.88. The van der Waals surface area contributed by atoms with Crippen LogP contribution in [0.3, 0.4) is 0 Å². The monoisotopic (exact) mass is 246 g/mol. The van der Waals surface area contributed by atoms with Crippen LogP contribution in [0.15, 0.2) is 24.7 Å². The SMILES string of the molecule is CC(=O)Nc1cc(C(=O)Nc2ncn[nH]2)ccn1. The first-order chi connectivity index (χ1) is 8.65. The summed E-state index contributed by atoms with van der Waals surface area (Å²) in [5.41, 5.74) is 0.352. The maximum absolute atomic E-state index is 11.8. The number of rotatable bonds is 3. The van der Waals surface area contributed by atoms with Crippen LogP contribution < -0.4 is 10.6 Å². The standard InChI is InChI=1S/C10H10N6O2/c1-6(17)14-8-4-7(2-3-11-8)9(18)15-10-12-5-13-16-10/h2-5H,1H3,(H,11,14,17)(H2,12,13,15,16,18). The predicted molar refractivity (Wildman–Crippen MR) is 62.9 cm³/mol. The Morgan fingerprint density at radius 3 is 2.78 bits per heavy atom. The van der Waals surface area contributed by atoms with Crippen molar-refractivity contribution in [3.8, 4) is 0 Å². The molecule has 0 aromatic carbocycles. The van der Waals surface area contributed by atoms with Crippen molar-refractivity contribution in [1.29, 1.82) is 0 Å². The highest BCUT2D eigenvalue weighted by Crippen LogP contribution is 2.08. The number of hydrogen-bond donors (Lipinski definition) is 3. The molecule has 0 saturated heterocycles. The normalized spacial score (nSPS) is 9.83. The van der Waals surface area contributed by atoms with Gasteiger partial charge in [0.1, 0.15) is 12.1 Å². The van der Waals surface area contributed by atoms with Crippen molar-refractivity contribution in [2.24, 2.45) is 0 Å². The number of aromatic amines is 1. The number of carbonyl (C=O) groups excluding carboxylic acids is 2. The van der Waals surface area contributed by atoms with Gasteiger partial charge in [-0.05, 0) is 12.1 Å². The van der Waals surface area contributed by atoms with E-state index in [2.05, 4.69) is 30.8 Å². The molecule has 8 heteroatoms. The third-order valence-corrected chi connectivity index (χ3v) is 1.97. The van der Waals surface area contributed by atoms with Crippen LogP contribution in [0.25, 0.3) is 0 Å². The van der Waals surface area contributed by atoms with Gasteiger partial charge in [-0.15, -0.1) is 0 Å². The molecule has 2 rings (SSSR count). The fourth-order valence-electron chi connectivity index (χ4n) is 1.27. The lowest BCUT2D eigenvalue weighted by molar-refractivity contribution is -0.114. The molecule has 2 aromatic rings. The van der Waals surface area contributed by atoms with E-state index in [-0.39, 0.29) is 17.8 Å². The molecule has 0 bridgehead atoms. The molecule has 8 nitrogen and oxygen atoms in total. The molecule has 0 aliphatic rings. The van der Waals surface area contributed by atoms with Crippen LogP contribution in [-0.2, 0) is 4.79 Å². The maximum atomic E-state index is 11.8. The van der Waals surface area contributed by atoms with Crippen LogP contribution in [0, 0.1) is 0 Å². The molecule has 18 heavy (non-hydrogen) atoms. The molecule has 3 N–H and O–H groups in total. The van der Waals surface area contributed by atoms with E-state index in [1.165, 1.54) is 31.6 Å². The first kappa shape index (κ1) is 11.7. The van der Waals surface area contributed by atoms with Crippen molar-refractivity contribution in [1.82, 2.24) is 20.2 Å². The first-order valence-electron chi connectivity index (χ1n) is 5.05. The number of amides is 2. The summed E-state index contributed by atoms with van der Waals surface area (Å²) in [4.78, 5) is 30.4. The van der Waals surface area contributed by atoms with Crippen LogP contribution in [0.5, 0.6) is 0 Å². The van der Waals surface area contributed by atoms with Gasteiger partial charge in [-0.25, -0.2) is 10.1 Å². The fraction of sp³-hybridized carbons (Fsp3) is 0.100. The highest BCUT2D eigenvalue weighted by molar-refractivity contribution is 6.04. The van der Waals surface area contributed by atoms with Crippen molar-refractivity contribution < 1.29 is 9.59 Å². The first-order valence-corrected chi connectivity index (χ1v) is 5.05. The number of carbonyl (C=O) groups is 2. The number of anilines is 2. The molecule has 0 fully saturated rings. The second-order valence-electron chi connectivity index (χ2n) is 3.40. The van der Waals surface area contributed by atoms with Crippen molar-refractivity contribution in [2.45, 2.75) is 6.92 Å².